The van der Waals surface area contributed by atoms with Crippen LogP contribution >= 0.6 is 0 Å². The van der Waals surface area contributed by atoms with Crippen molar-refractivity contribution in [1.29, 1.82) is 0 Å². The molecule has 1 aromatic rings. The van der Waals surface area contributed by atoms with Gasteiger partial charge in [0.2, 0.25) is 0 Å². The third kappa shape index (κ3) is 2.04. The largest absolute Gasteiger partial charge is 0.497 e. The number of hydrogen-bond donors (Lipinski definition) is 0. The van der Waals surface area contributed by atoms with Crippen LogP contribution in [0.25, 0.3) is 0 Å². The molecule has 3 heteroatoms. The van der Waals surface area contributed by atoms with Crippen LogP contribution in [0.5, 0.6) is 5.75 Å². The predicted molar refractivity (Wildman–Crippen MR) is 42.5 cm³/mol. The van der Waals surface area contributed by atoms with Crippen LogP contribution in [0.1, 0.15) is 5.56 Å². The summed E-state index contributed by atoms with van der Waals surface area (Å²) >= 11 is 0. The molecule has 11 heavy (non-hydrogen) atoms. The molecule has 0 radical (unpaired) electrons. The molecular formula is C8H9NO2. The summed E-state index contributed by atoms with van der Waals surface area (Å²) in [5, 5.41) is 2.77. The van der Waals surface area contributed by atoms with Gasteiger partial charge in [-0.3, -0.25) is 0 Å². The third-order valence-electron chi connectivity index (χ3n) is 1.41. The van der Waals surface area contributed by atoms with Crippen molar-refractivity contribution in [2.45, 2.75) is 6.54 Å². The first-order chi connectivity index (χ1) is 5.36. The van der Waals surface area contributed by atoms with Crippen LogP contribution in [0.15, 0.2) is 29.4 Å². The molecule has 0 bridgehead atoms. The number of rotatable bonds is 3. The van der Waals surface area contributed by atoms with Crippen molar-refractivity contribution in [3.8, 4) is 5.75 Å². The van der Waals surface area contributed by atoms with E-state index in [1.807, 2.05) is 12.1 Å². The van der Waals surface area contributed by atoms with Crippen molar-refractivity contribution in [2.75, 3.05) is 7.11 Å². The zero-order chi connectivity index (χ0) is 8.10. The molecule has 0 atom stereocenters. The highest BCUT2D eigenvalue weighted by Crippen LogP contribution is 2.11. The first-order valence-corrected chi connectivity index (χ1v) is 3.29. The second kappa shape index (κ2) is 3.71. The molecule has 0 aliphatic carbocycles. The Kier molecular flexibility index (Phi) is 2.60. The highest BCUT2D eigenvalue weighted by molar-refractivity contribution is 5.26. The third-order valence-corrected chi connectivity index (χ3v) is 1.41. The van der Waals surface area contributed by atoms with E-state index in [-0.39, 0.29) is 6.54 Å². The van der Waals surface area contributed by atoms with E-state index in [0.717, 1.165) is 11.3 Å². The molecule has 0 heterocycles. The lowest BCUT2D eigenvalue weighted by Crippen LogP contribution is -1.83. The molecule has 1 aromatic carbocycles. The smallest absolute Gasteiger partial charge is 0.118 e. The summed E-state index contributed by atoms with van der Waals surface area (Å²) in [4.78, 5) is 9.85. The Morgan fingerprint density at radius 1 is 1.36 bits per heavy atom. The fraction of sp³-hybridized carbons (Fsp3) is 0.250. The topological polar surface area (TPSA) is 38.7 Å². The van der Waals surface area contributed by atoms with Gasteiger partial charge in [-0.05, 0) is 17.7 Å². The van der Waals surface area contributed by atoms with Gasteiger partial charge in [-0.1, -0.05) is 17.3 Å². The van der Waals surface area contributed by atoms with E-state index in [9.17, 15) is 4.91 Å². The van der Waals surface area contributed by atoms with Crippen molar-refractivity contribution in [3.05, 3.63) is 34.7 Å². The fourth-order valence-electron chi connectivity index (χ4n) is 0.805. The standard InChI is InChI=1S/C8H9NO2/c1-11-8-4-2-7(3-5-8)6-9-10/h2-5H,6H2,1H3. The molecule has 0 amide bonds. The lowest BCUT2D eigenvalue weighted by molar-refractivity contribution is 0.414. The Bertz CT molecular complexity index is 230. The SMILES string of the molecule is COc1ccc(CN=O)cc1. The summed E-state index contributed by atoms with van der Waals surface area (Å²) in [5.74, 6) is 0.791. The average molecular weight is 151 g/mol. The van der Waals surface area contributed by atoms with Gasteiger partial charge in [0.05, 0.1) is 7.11 Å². The summed E-state index contributed by atoms with van der Waals surface area (Å²) in [6.45, 7) is 0.226. The Labute approximate surface area is 65.0 Å². The maximum absolute atomic E-state index is 9.85. The molecular weight excluding hydrogens is 142 g/mol. The minimum absolute atomic E-state index is 0.226. The number of hydrogen-bond acceptors (Lipinski definition) is 3. The van der Waals surface area contributed by atoms with Crippen molar-refractivity contribution in [3.63, 3.8) is 0 Å². The van der Waals surface area contributed by atoms with Gasteiger partial charge in [-0.25, -0.2) is 0 Å². The normalized spacial score (nSPS) is 9.18. The van der Waals surface area contributed by atoms with E-state index >= 15 is 0 Å². The highest BCUT2D eigenvalue weighted by Gasteiger charge is 1.92. The van der Waals surface area contributed by atoms with E-state index in [1.165, 1.54) is 0 Å². The lowest BCUT2D eigenvalue weighted by atomic mass is 10.2. The Morgan fingerprint density at radius 3 is 2.45 bits per heavy atom. The van der Waals surface area contributed by atoms with Crippen molar-refractivity contribution in [2.24, 2.45) is 5.18 Å². The first kappa shape index (κ1) is 7.72. The Hall–Kier alpha value is -1.38. The van der Waals surface area contributed by atoms with Crippen LogP contribution < -0.4 is 4.74 Å². The van der Waals surface area contributed by atoms with E-state index in [1.54, 1.807) is 19.2 Å². The number of nitrogens with zero attached hydrogens (tertiary/aromatic N) is 1. The summed E-state index contributed by atoms with van der Waals surface area (Å²) in [7, 11) is 1.60. The van der Waals surface area contributed by atoms with Crippen molar-refractivity contribution >= 4 is 0 Å². The van der Waals surface area contributed by atoms with Gasteiger partial charge in [0, 0.05) is 0 Å². The molecule has 58 valence electrons. The van der Waals surface area contributed by atoms with Gasteiger partial charge in [-0.2, -0.15) is 4.91 Å². The minimum atomic E-state index is 0.226. The van der Waals surface area contributed by atoms with Crippen molar-refractivity contribution in [1.82, 2.24) is 0 Å². The van der Waals surface area contributed by atoms with Gasteiger partial charge in [0.25, 0.3) is 0 Å². The maximum atomic E-state index is 9.85. The van der Waals surface area contributed by atoms with Crippen molar-refractivity contribution < 1.29 is 4.74 Å². The molecule has 0 N–H and O–H groups in total. The van der Waals surface area contributed by atoms with Crippen LogP contribution in [-0.2, 0) is 6.54 Å². The van der Waals surface area contributed by atoms with Gasteiger partial charge in [-0.15, -0.1) is 0 Å². The quantitative estimate of drug-likeness (QED) is 0.619. The fourth-order valence-corrected chi connectivity index (χ4v) is 0.805. The summed E-state index contributed by atoms with van der Waals surface area (Å²) in [6, 6.07) is 7.25. The molecule has 0 saturated carbocycles. The molecule has 0 spiro atoms. The molecule has 0 saturated heterocycles. The van der Waals surface area contributed by atoms with E-state index in [0.29, 0.717) is 0 Å². The van der Waals surface area contributed by atoms with Gasteiger partial charge < -0.3 is 4.74 Å². The molecule has 0 aliphatic heterocycles. The number of methoxy groups -OCH3 is 1. The second-order valence-corrected chi connectivity index (χ2v) is 2.14. The summed E-state index contributed by atoms with van der Waals surface area (Å²) < 4.78 is 4.94. The second-order valence-electron chi connectivity index (χ2n) is 2.14. The monoisotopic (exact) mass is 151 g/mol. The van der Waals surface area contributed by atoms with Crippen LogP contribution in [0.3, 0.4) is 0 Å². The molecule has 0 unspecified atom stereocenters. The molecule has 3 nitrogen and oxygen atoms in total. The molecule has 0 aromatic heterocycles. The lowest BCUT2D eigenvalue weighted by Gasteiger charge is -1.98. The van der Waals surface area contributed by atoms with Gasteiger partial charge >= 0.3 is 0 Å². The van der Waals surface area contributed by atoms with E-state index < -0.39 is 0 Å². The van der Waals surface area contributed by atoms with E-state index in [4.69, 9.17) is 4.74 Å². The molecule has 1 rings (SSSR count). The van der Waals surface area contributed by atoms with Crippen LogP contribution in [0.2, 0.25) is 0 Å². The van der Waals surface area contributed by atoms with Gasteiger partial charge in [0.1, 0.15) is 12.3 Å². The Morgan fingerprint density at radius 2 is 2.00 bits per heavy atom. The Balaban J connectivity index is 2.74. The highest BCUT2D eigenvalue weighted by atomic mass is 16.5. The number of nitroso groups, excluding NO2 is 1. The zero-order valence-electron chi connectivity index (χ0n) is 6.28. The molecule has 0 aliphatic rings. The predicted octanol–water partition coefficient (Wildman–Crippen LogP) is 1.96. The molecule has 0 fully saturated rings. The zero-order valence-corrected chi connectivity index (χ0v) is 6.28. The first-order valence-electron chi connectivity index (χ1n) is 3.29. The van der Waals surface area contributed by atoms with Crippen LogP contribution in [0, 0.1) is 4.91 Å². The van der Waals surface area contributed by atoms with Crippen LogP contribution in [-0.4, -0.2) is 7.11 Å². The number of benzene rings is 1. The number of ether oxygens (including phenoxy) is 1. The summed E-state index contributed by atoms with van der Waals surface area (Å²) in [5.41, 5.74) is 0.904. The minimum Gasteiger partial charge on any atom is -0.497 e. The average Bonchev–Trinajstić information content (AvgIpc) is 2.07. The van der Waals surface area contributed by atoms with E-state index in [2.05, 4.69) is 5.18 Å². The maximum Gasteiger partial charge on any atom is 0.118 e. The summed E-state index contributed by atoms with van der Waals surface area (Å²) in [6.07, 6.45) is 0. The van der Waals surface area contributed by atoms with Gasteiger partial charge in [0.15, 0.2) is 0 Å². The van der Waals surface area contributed by atoms with Crippen LogP contribution in [0.4, 0.5) is 0 Å².